The summed E-state index contributed by atoms with van der Waals surface area (Å²) in [6.45, 7) is 0. The minimum Gasteiger partial charge on any atom is -0.354 e. The van der Waals surface area contributed by atoms with Gasteiger partial charge in [-0.15, -0.1) is 0 Å². The molecule has 0 bridgehead atoms. The minimum atomic E-state index is -0.460. The number of fused-ring (bicyclic) bond motifs is 2. The lowest BCUT2D eigenvalue weighted by Gasteiger charge is -2.14. The number of benzene rings is 5. The summed E-state index contributed by atoms with van der Waals surface area (Å²) >= 11 is 0. The van der Waals surface area contributed by atoms with Crippen molar-refractivity contribution >= 4 is 44.4 Å². The average molecular weight is 418 g/mol. The molecule has 0 spiro atoms. The quantitative estimate of drug-likeness (QED) is 0.146. The summed E-state index contributed by atoms with van der Waals surface area (Å²) in [5.41, 5.74) is 1.99. The number of anilines is 2. The lowest BCUT2D eigenvalue weighted by molar-refractivity contribution is -0.384. The molecule has 0 aliphatic carbocycles. The second kappa shape index (κ2) is 7.96. The number of nitro groups is 1. The third-order valence-electron chi connectivity index (χ3n) is 5.51. The van der Waals surface area contributed by atoms with Crippen LogP contribution in [-0.4, -0.2) is 10.7 Å². The molecule has 0 saturated heterocycles. The van der Waals surface area contributed by atoms with Gasteiger partial charge in [0.1, 0.15) is 0 Å². The number of nitrogens with zero attached hydrogens (tertiary/aromatic N) is 1. The van der Waals surface area contributed by atoms with E-state index in [1.54, 1.807) is 24.3 Å². The van der Waals surface area contributed by atoms with Crippen molar-refractivity contribution in [2.75, 3.05) is 5.32 Å². The molecule has 5 heteroatoms. The smallest absolute Gasteiger partial charge is 0.271 e. The maximum absolute atomic E-state index is 13.2. The Morgan fingerprint density at radius 2 is 1.38 bits per heavy atom. The summed E-state index contributed by atoms with van der Waals surface area (Å²) in [6, 6.07) is 31.3. The summed E-state index contributed by atoms with van der Waals surface area (Å²) in [5.74, 6) is -0.200. The van der Waals surface area contributed by atoms with E-state index in [2.05, 4.69) is 23.5 Å². The number of carbonyl (C=O) groups is 1. The molecule has 0 atom stereocenters. The molecule has 32 heavy (non-hydrogen) atoms. The highest BCUT2D eigenvalue weighted by molar-refractivity contribution is 6.13. The van der Waals surface area contributed by atoms with Gasteiger partial charge in [-0.3, -0.25) is 14.9 Å². The second-order valence-corrected chi connectivity index (χ2v) is 7.53. The highest BCUT2D eigenvalue weighted by Gasteiger charge is 2.18. The number of nitrogens with one attached hydrogen (secondary N) is 1. The number of non-ortho nitro benzene ring substituents is 1. The Bertz CT molecular complexity index is 1490. The molecule has 0 aliphatic heterocycles. The Balaban J connectivity index is 1.65. The van der Waals surface area contributed by atoms with Crippen LogP contribution in [0.4, 0.5) is 17.1 Å². The van der Waals surface area contributed by atoms with Gasteiger partial charge in [-0.2, -0.15) is 0 Å². The molecular formula is C27H18N2O3. The third-order valence-corrected chi connectivity index (χ3v) is 5.51. The van der Waals surface area contributed by atoms with Crippen molar-refractivity contribution in [1.82, 2.24) is 0 Å². The first-order valence-corrected chi connectivity index (χ1v) is 10.2. The number of nitro benzene ring substituents is 1. The van der Waals surface area contributed by atoms with Crippen LogP contribution in [0.5, 0.6) is 0 Å². The molecule has 5 rings (SSSR count). The molecule has 154 valence electrons. The van der Waals surface area contributed by atoms with Crippen LogP contribution >= 0.6 is 0 Å². The predicted molar refractivity (Wildman–Crippen MR) is 128 cm³/mol. The highest BCUT2D eigenvalue weighted by atomic mass is 16.6. The van der Waals surface area contributed by atoms with Crippen molar-refractivity contribution < 1.29 is 9.72 Å². The Kier molecular flexibility index (Phi) is 4.84. The number of carbonyl (C=O) groups excluding carboxylic acids is 1. The molecule has 5 aromatic rings. The zero-order valence-corrected chi connectivity index (χ0v) is 17.0. The van der Waals surface area contributed by atoms with Gasteiger partial charge in [0.05, 0.1) is 10.6 Å². The molecule has 0 aromatic heterocycles. The number of hydrogen-bond acceptors (Lipinski definition) is 4. The second-order valence-electron chi connectivity index (χ2n) is 7.53. The molecule has 0 unspecified atom stereocenters. The molecule has 0 saturated carbocycles. The standard InChI is InChI=1S/C27H18N2O3/c30-27(18-7-2-1-3-8-18)23-14-13-22(29(31)32)17-26(23)28-25-12-6-11-21-15-19-9-4-5-10-20(19)16-24(21)25/h1-17,28H. The first-order chi connectivity index (χ1) is 15.6. The van der Waals surface area contributed by atoms with Crippen molar-refractivity contribution in [2.45, 2.75) is 0 Å². The zero-order valence-electron chi connectivity index (χ0n) is 17.0. The van der Waals surface area contributed by atoms with Gasteiger partial charge in [-0.25, -0.2) is 0 Å². The van der Waals surface area contributed by atoms with E-state index < -0.39 is 4.92 Å². The highest BCUT2D eigenvalue weighted by Crippen LogP contribution is 2.33. The molecule has 0 fully saturated rings. The van der Waals surface area contributed by atoms with Gasteiger partial charge in [-0.1, -0.05) is 66.7 Å². The van der Waals surface area contributed by atoms with Gasteiger partial charge in [0.25, 0.3) is 5.69 Å². The summed E-state index contributed by atoms with van der Waals surface area (Å²) in [5, 5.41) is 18.9. The summed E-state index contributed by atoms with van der Waals surface area (Å²) < 4.78 is 0. The Morgan fingerprint density at radius 3 is 2.12 bits per heavy atom. The van der Waals surface area contributed by atoms with Crippen LogP contribution in [0.3, 0.4) is 0 Å². The van der Waals surface area contributed by atoms with E-state index in [1.165, 1.54) is 18.2 Å². The maximum atomic E-state index is 13.2. The largest absolute Gasteiger partial charge is 0.354 e. The third kappa shape index (κ3) is 3.56. The van der Waals surface area contributed by atoms with Crippen LogP contribution in [0.1, 0.15) is 15.9 Å². The maximum Gasteiger partial charge on any atom is 0.271 e. The Labute approximate surface area is 184 Å². The van der Waals surface area contributed by atoms with Crippen LogP contribution in [0, 0.1) is 10.1 Å². The fourth-order valence-corrected chi connectivity index (χ4v) is 3.91. The summed E-state index contributed by atoms with van der Waals surface area (Å²) in [6.07, 6.45) is 0. The fourth-order valence-electron chi connectivity index (χ4n) is 3.91. The van der Waals surface area contributed by atoms with Crippen molar-refractivity contribution in [1.29, 1.82) is 0 Å². The molecular weight excluding hydrogens is 400 g/mol. The molecule has 0 heterocycles. The molecule has 1 N–H and O–H groups in total. The van der Waals surface area contributed by atoms with Gasteiger partial charge in [0.15, 0.2) is 5.78 Å². The molecule has 5 nitrogen and oxygen atoms in total. The first-order valence-electron chi connectivity index (χ1n) is 10.2. The monoisotopic (exact) mass is 418 g/mol. The van der Waals surface area contributed by atoms with Gasteiger partial charge < -0.3 is 5.32 Å². The van der Waals surface area contributed by atoms with E-state index in [-0.39, 0.29) is 11.5 Å². The van der Waals surface area contributed by atoms with Crippen molar-refractivity contribution in [3.8, 4) is 0 Å². The fraction of sp³-hybridized carbons (Fsp3) is 0. The summed E-state index contributed by atoms with van der Waals surface area (Å²) in [4.78, 5) is 24.1. The topological polar surface area (TPSA) is 72.2 Å². The lowest BCUT2D eigenvalue weighted by Crippen LogP contribution is -2.06. The molecule has 0 amide bonds. The van der Waals surface area contributed by atoms with E-state index >= 15 is 0 Å². The SMILES string of the molecule is O=C(c1ccccc1)c1ccc([N+](=O)[O-])cc1Nc1cccc2cc3ccccc3cc12. The van der Waals surface area contributed by atoms with E-state index in [4.69, 9.17) is 0 Å². The molecule has 0 radical (unpaired) electrons. The van der Waals surface area contributed by atoms with Gasteiger partial charge >= 0.3 is 0 Å². The van der Waals surface area contributed by atoms with Crippen LogP contribution in [0.2, 0.25) is 0 Å². The minimum absolute atomic E-state index is 0.0807. The van der Waals surface area contributed by atoms with E-state index in [0.717, 1.165) is 27.2 Å². The number of hydrogen-bond donors (Lipinski definition) is 1. The van der Waals surface area contributed by atoms with Crippen molar-refractivity contribution in [2.24, 2.45) is 0 Å². The van der Waals surface area contributed by atoms with Gasteiger partial charge in [0.2, 0.25) is 0 Å². The van der Waals surface area contributed by atoms with Crippen LogP contribution in [0.25, 0.3) is 21.5 Å². The van der Waals surface area contributed by atoms with E-state index in [9.17, 15) is 14.9 Å². The Hall–Kier alpha value is -4.51. The molecule has 0 aliphatic rings. The zero-order chi connectivity index (χ0) is 22.1. The average Bonchev–Trinajstić information content (AvgIpc) is 2.83. The van der Waals surface area contributed by atoms with E-state index in [1.807, 2.05) is 42.5 Å². The van der Waals surface area contributed by atoms with Gasteiger partial charge in [0, 0.05) is 34.3 Å². The van der Waals surface area contributed by atoms with Crippen molar-refractivity contribution in [3.05, 3.63) is 124 Å². The van der Waals surface area contributed by atoms with Gasteiger partial charge in [-0.05, 0) is 40.4 Å². The Morgan fingerprint density at radius 1 is 0.688 bits per heavy atom. The predicted octanol–water partition coefficient (Wildman–Crippen LogP) is 6.88. The first kappa shape index (κ1) is 19.5. The lowest BCUT2D eigenvalue weighted by atomic mass is 9.99. The summed E-state index contributed by atoms with van der Waals surface area (Å²) in [7, 11) is 0. The van der Waals surface area contributed by atoms with Crippen LogP contribution < -0.4 is 5.32 Å². The van der Waals surface area contributed by atoms with E-state index in [0.29, 0.717) is 16.8 Å². The van der Waals surface area contributed by atoms with Crippen LogP contribution in [0.15, 0.2) is 103 Å². The number of ketones is 1. The molecule has 5 aromatic carbocycles. The number of rotatable bonds is 5. The van der Waals surface area contributed by atoms with Crippen molar-refractivity contribution in [3.63, 3.8) is 0 Å². The normalized spacial score (nSPS) is 10.9. The van der Waals surface area contributed by atoms with Crippen LogP contribution in [-0.2, 0) is 0 Å².